The van der Waals surface area contributed by atoms with Crippen LogP contribution in [0.1, 0.15) is 24.8 Å². The minimum Gasteiger partial charge on any atom is -0.326 e. The summed E-state index contributed by atoms with van der Waals surface area (Å²) in [6, 6.07) is 10.2. The molecule has 1 aliphatic rings. The number of carbonyl (C=O) groups is 2. The van der Waals surface area contributed by atoms with Crippen LogP contribution >= 0.6 is 23.4 Å². The summed E-state index contributed by atoms with van der Waals surface area (Å²) in [6.45, 7) is 3.48. The summed E-state index contributed by atoms with van der Waals surface area (Å²) < 4.78 is 27.5. The number of nitrogens with zero attached hydrogens (tertiary/aromatic N) is 1. The Bertz CT molecular complexity index is 923. The van der Waals surface area contributed by atoms with Crippen LogP contribution in [0.25, 0.3) is 0 Å². The van der Waals surface area contributed by atoms with Crippen LogP contribution in [0.15, 0.2) is 42.5 Å². The summed E-state index contributed by atoms with van der Waals surface area (Å²) in [4.78, 5) is 26.1. The van der Waals surface area contributed by atoms with Crippen molar-refractivity contribution in [3.8, 4) is 0 Å². The molecular formula is C20H19ClF2N2O2S. The zero-order valence-electron chi connectivity index (χ0n) is 15.3. The Morgan fingerprint density at radius 2 is 2.04 bits per heavy atom. The summed E-state index contributed by atoms with van der Waals surface area (Å²) in [5, 5.41) is 2.34. The van der Waals surface area contributed by atoms with Crippen molar-refractivity contribution in [3.05, 3.63) is 59.7 Å². The molecule has 148 valence electrons. The number of halogens is 3. The van der Waals surface area contributed by atoms with Gasteiger partial charge in [-0.3, -0.25) is 14.5 Å². The number of nitrogens with one attached hydrogen (secondary N) is 1. The molecule has 0 bridgehead atoms. The number of anilines is 2. The van der Waals surface area contributed by atoms with Gasteiger partial charge in [0.1, 0.15) is 17.0 Å². The molecule has 1 atom stereocenters. The predicted octanol–water partition coefficient (Wildman–Crippen LogP) is 4.95. The van der Waals surface area contributed by atoms with Gasteiger partial charge in [0.15, 0.2) is 0 Å². The lowest BCUT2D eigenvalue weighted by atomic mass is 9.95. The second kappa shape index (κ2) is 8.09. The van der Waals surface area contributed by atoms with E-state index in [0.717, 1.165) is 17.7 Å². The third-order valence-electron chi connectivity index (χ3n) is 4.42. The van der Waals surface area contributed by atoms with E-state index in [1.54, 1.807) is 38.1 Å². The average Bonchev–Trinajstić information content (AvgIpc) is 3.03. The minimum atomic E-state index is -0.797. The number of carbonyl (C=O) groups excluding carboxylic acids is 2. The summed E-state index contributed by atoms with van der Waals surface area (Å²) in [5.41, 5.74) is 0.569. The number of benzene rings is 2. The quantitative estimate of drug-likeness (QED) is 0.691. The van der Waals surface area contributed by atoms with Crippen molar-refractivity contribution < 1.29 is 18.4 Å². The minimum absolute atomic E-state index is 0.0270. The van der Waals surface area contributed by atoms with Gasteiger partial charge in [0.2, 0.25) is 11.8 Å². The van der Waals surface area contributed by atoms with Gasteiger partial charge in [-0.05, 0) is 43.7 Å². The topological polar surface area (TPSA) is 49.4 Å². The number of alkyl halides is 1. The normalized spacial score (nSPS) is 17.1. The molecule has 0 aromatic heterocycles. The molecule has 2 aromatic rings. The highest BCUT2D eigenvalue weighted by Crippen LogP contribution is 2.43. The molecule has 0 spiro atoms. The van der Waals surface area contributed by atoms with Gasteiger partial charge in [-0.15, -0.1) is 23.4 Å². The molecule has 0 aliphatic carbocycles. The van der Waals surface area contributed by atoms with Crippen LogP contribution in [-0.2, 0) is 9.59 Å². The van der Waals surface area contributed by atoms with Gasteiger partial charge >= 0.3 is 0 Å². The van der Waals surface area contributed by atoms with Gasteiger partial charge < -0.3 is 5.32 Å². The smallest absolute Gasteiger partial charge is 0.238 e. The second-order valence-electron chi connectivity index (χ2n) is 7.12. The summed E-state index contributed by atoms with van der Waals surface area (Å²) in [7, 11) is 0. The molecular weight excluding hydrogens is 406 g/mol. The third-order valence-corrected chi connectivity index (χ3v) is 6.30. The van der Waals surface area contributed by atoms with Gasteiger partial charge in [0.25, 0.3) is 0 Å². The van der Waals surface area contributed by atoms with Gasteiger partial charge in [0.05, 0.1) is 16.9 Å². The van der Waals surface area contributed by atoms with E-state index in [2.05, 4.69) is 5.32 Å². The summed E-state index contributed by atoms with van der Waals surface area (Å²) in [5.74, 6) is -1.65. The largest absolute Gasteiger partial charge is 0.326 e. The van der Waals surface area contributed by atoms with Crippen molar-refractivity contribution in [1.82, 2.24) is 0 Å². The molecule has 1 N–H and O–H groups in total. The van der Waals surface area contributed by atoms with Crippen LogP contribution in [0.5, 0.6) is 0 Å². The molecule has 0 radical (unpaired) electrons. The second-order valence-corrected chi connectivity index (χ2v) is 8.46. The molecule has 0 unspecified atom stereocenters. The zero-order valence-corrected chi connectivity index (χ0v) is 16.9. The summed E-state index contributed by atoms with van der Waals surface area (Å²) in [6.07, 6.45) is 0. The number of thioether (sulfide) groups is 1. The highest BCUT2D eigenvalue weighted by Gasteiger charge is 2.36. The first kappa shape index (κ1) is 20.6. The van der Waals surface area contributed by atoms with Crippen molar-refractivity contribution in [3.63, 3.8) is 0 Å². The molecule has 1 heterocycles. The van der Waals surface area contributed by atoms with Crippen molar-refractivity contribution in [2.45, 2.75) is 19.2 Å². The van der Waals surface area contributed by atoms with Crippen molar-refractivity contribution in [1.29, 1.82) is 0 Å². The first-order chi connectivity index (χ1) is 13.2. The maximum Gasteiger partial charge on any atom is 0.238 e. The number of hydrogen-bond donors (Lipinski definition) is 1. The van der Waals surface area contributed by atoms with Crippen LogP contribution in [0.2, 0.25) is 0 Å². The predicted molar refractivity (Wildman–Crippen MR) is 109 cm³/mol. The van der Waals surface area contributed by atoms with E-state index < -0.39 is 22.4 Å². The zero-order chi connectivity index (χ0) is 20.5. The van der Waals surface area contributed by atoms with Gasteiger partial charge in [-0.1, -0.05) is 12.1 Å². The molecule has 2 amide bonds. The fourth-order valence-electron chi connectivity index (χ4n) is 2.74. The molecule has 2 aromatic carbocycles. The number of amides is 2. The van der Waals surface area contributed by atoms with Crippen LogP contribution in [0.3, 0.4) is 0 Å². The molecule has 1 fully saturated rings. The molecule has 0 saturated carbocycles. The molecule has 4 nitrogen and oxygen atoms in total. The lowest BCUT2D eigenvalue weighted by Gasteiger charge is -2.25. The Hall–Kier alpha value is -2.12. The van der Waals surface area contributed by atoms with E-state index >= 15 is 0 Å². The summed E-state index contributed by atoms with van der Waals surface area (Å²) >= 11 is 7.19. The number of hydrogen-bond acceptors (Lipinski definition) is 3. The Kier molecular flexibility index (Phi) is 5.95. The Balaban J connectivity index is 1.90. The molecule has 1 aliphatic heterocycles. The SMILES string of the molecule is CC(C)(CCl)C(=O)Nc1cccc([C@@H]2SCC(=O)N2c2ccc(F)cc2F)c1. The maximum atomic E-state index is 14.3. The van der Waals surface area contributed by atoms with Gasteiger partial charge in [0, 0.05) is 17.6 Å². The Morgan fingerprint density at radius 3 is 2.71 bits per heavy atom. The first-order valence-corrected chi connectivity index (χ1v) is 10.2. The number of rotatable bonds is 5. The molecule has 8 heteroatoms. The van der Waals surface area contributed by atoms with Gasteiger partial charge in [-0.2, -0.15) is 0 Å². The van der Waals surface area contributed by atoms with E-state index in [4.69, 9.17) is 11.6 Å². The molecule has 3 rings (SSSR count). The Morgan fingerprint density at radius 1 is 1.29 bits per heavy atom. The highest BCUT2D eigenvalue weighted by molar-refractivity contribution is 8.00. The van der Waals surface area contributed by atoms with Crippen LogP contribution in [0.4, 0.5) is 20.2 Å². The highest BCUT2D eigenvalue weighted by atomic mass is 35.5. The fourth-order valence-corrected chi connectivity index (χ4v) is 4.02. The third kappa shape index (κ3) is 4.15. The Labute approximate surface area is 171 Å². The van der Waals surface area contributed by atoms with E-state index in [0.29, 0.717) is 5.69 Å². The van der Waals surface area contributed by atoms with E-state index in [-0.39, 0.29) is 29.1 Å². The monoisotopic (exact) mass is 424 g/mol. The molecule has 1 saturated heterocycles. The van der Waals surface area contributed by atoms with Crippen LogP contribution < -0.4 is 10.2 Å². The average molecular weight is 425 g/mol. The fraction of sp³-hybridized carbons (Fsp3) is 0.300. The van der Waals surface area contributed by atoms with Crippen molar-refractivity contribution >= 4 is 46.6 Å². The van der Waals surface area contributed by atoms with Crippen molar-refractivity contribution in [2.75, 3.05) is 21.8 Å². The van der Waals surface area contributed by atoms with Gasteiger partial charge in [-0.25, -0.2) is 8.78 Å². The van der Waals surface area contributed by atoms with Crippen LogP contribution in [-0.4, -0.2) is 23.4 Å². The maximum absolute atomic E-state index is 14.3. The van der Waals surface area contributed by atoms with E-state index in [1.165, 1.54) is 22.7 Å². The van der Waals surface area contributed by atoms with E-state index in [1.807, 2.05) is 0 Å². The van der Waals surface area contributed by atoms with E-state index in [9.17, 15) is 18.4 Å². The van der Waals surface area contributed by atoms with Crippen LogP contribution in [0, 0.1) is 17.0 Å². The first-order valence-electron chi connectivity index (χ1n) is 8.59. The lowest BCUT2D eigenvalue weighted by Crippen LogP contribution is -2.32. The lowest BCUT2D eigenvalue weighted by molar-refractivity contribution is -0.123. The van der Waals surface area contributed by atoms with Crippen molar-refractivity contribution in [2.24, 2.45) is 5.41 Å². The molecule has 28 heavy (non-hydrogen) atoms. The standard InChI is InChI=1S/C20H19ClF2N2O2S/c1-20(2,11-21)19(27)24-14-5-3-4-12(8-14)18-25(17(26)10-28-18)16-7-6-13(22)9-15(16)23/h3-9,18H,10-11H2,1-2H3,(H,24,27)/t18-/m0/s1.